The molecule has 1 aromatic heterocycles. The highest BCUT2D eigenvalue weighted by Crippen LogP contribution is 2.21. The number of rotatable bonds is 1. The number of fused-ring (bicyclic) bond motifs is 1. The number of nitrogens with zero attached hydrogens (tertiary/aromatic N) is 1. The molecule has 80 valence electrons. The zero-order valence-corrected chi connectivity index (χ0v) is 8.75. The van der Waals surface area contributed by atoms with Crippen LogP contribution < -0.4 is 5.56 Å². The first-order valence-corrected chi connectivity index (χ1v) is 5.14. The quantitative estimate of drug-likeness (QED) is 0.792. The maximum atomic E-state index is 11.7. The maximum absolute atomic E-state index is 11.7. The van der Waals surface area contributed by atoms with Crippen molar-refractivity contribution in [2.45, 2.75) is 25.8 Å². The molecule has 1 aromatic rings. The molecule has 2 heterocycles. The smallest absolute Gasteiger partial charge is 0.341 e. The van der Waals surface area contributed by atoms with Gasteiger partial charge in [0.2, 0.25) is 0 Å². The molecule has 0 spiro atoms. The molecule has 0 unspecified atom stereocenters. The van der Waals surface area contributed by atoms with Gasteiger partial charge in [0.1, 0.15) is 5.56 Å². The van der Waals surface area contributed by atoms with E-state index in [4.69, 9.17) is 16.7 Å². The predicted molar refractivity (Wildman–Crippen MR) is 55.6 cm³/mol. The maximum Gasteiger partial charge on any atom is 0.341 e. The van der Waals surface area contributed by atoms with Crippen molar-refractivity contribution in [3.05, 3.63) is 32.7 Å². The average molecular weight is 228 g/mol. The molecule has 0 radical (unpaired) electrons. The van der Waals surface area contributed by atoms with E-state index in [1.165, 1.54) is 10.6 Å². The summed E-state index contributed by atoms with van der Waals surface area (Å²) >= 11 is 5.94. The third-order valence-corrected chi connectivity index (χ3v) is 2.95. The van der Waals surface area contributed by atoms with Crippen molar-refractivity contribution in [2.75, 3.05) is 0 Å². The molecular formula is C10H10ClNO3. The van der Waals surface area contributed by atoms with E-state index in [0.717, 1.165) is 25.0 Å². The first-order chi connectivity index (χ1) is 7.11. The fraction of sp³-hybridized carbons (Fsp3) is 0.400. The van der Waals surface area contributed by atoms with Gasteiger partial charge in [-0.2, -0.15) is 0 Å². The summed E-state index contributed by atoms with van der Waals surface area (Å²) in [5, 5.41) is 9.20. The monoisotopic (exact) mass is 227 g/mol. The van der Waals surface area contributed by atoms with Crippen LogP contribution in [0.1, 0.15) is 28.9 Å². The lowest BCUT2D eigenvalue weighted by Gasteiger charge is -2.19. The number of hydrogen-bond acceptors (Lipinski definition) is 2. The molecule has 5 heteroatoms. The number of carboxylic acids is 1. The van der Waals surface area contributed by atoms with Crippen LogP contribution in [-0.2, 0) is 13.0 Å². The molecule has 1 aliphatic rings. The molecule has 0 amide bonds. The molecule has 2 rings (SSSR count). The van der Waals surface area contributed by atoms with Crippen LogP contribution in [0.25, 0.3) is 0 Å². The Kier molecular flexibility index (Phi) is 2.52. The van der Waals surface area contributed by atoms with Crippen molar-refractivity contribution in [3.63, 3.8) is 0 Å². The summed E-state index contributed by atoms with van der Waals surface area (Å²) in [5.41, 5.74) is 0.0742. The minimum atomic E-state index is -1.22. The number of aromatic nitrogens is 1. The molecular weight excluding hydrogens is 218 g/mol. The van der Waals surface area contributed by atoms with Crippen LogP contribution in [0.2, 0.25) is 5.02 Å². The second kappa shape index (κ2) is 3.70. The molecule has 0 bridgehead atoms. The van der Waals surface area contributed by atoms with E-state index in [0.29, 0.717) is 11.6 Å². The Balaban J connectivity index is 2.70. The van der Waals surface area contributed by atoms with Crippen molar-refractivity contribution in [1.29, 1.82) is 0 Å². The lowest BCUT2D eigenvalue weighted by Crippen LogP contribution is -2.31. The van der Waals surface area contributed by atoms with Gasteiger partial charge in [-0.25, -0.2) is 4.79 Å². The topological polar surface area (TPSA) is 59.3 Å². The summed E-state index contributed by atoms with van der Waals surface area (Å²) in [6.45, 7) is 0.564. The Morgan fingerprint density at radius 3 is 2.87 bits per heavy atom. The summed E-state index contributed by atoms with van der Waals surface area (Å²) in [5.74, 6) is -1.22. The Morgan fingerprint density at radius 1 is 1.47 bits per heavy atom. The molecule has 1 aliphatic heterocycles. The normalized spacial score (nSPS) is 14.7. The summed E-state index contributed by atoms with van der Waals surface area (Å²) < 4.78 is 1.48. The Bertz CT molecular complexity index is 478. The lowest BCUT2D eigenvalue weighted by atomic mass is 10.1. The van der Waals surface area contributed by atoms with E-state index in [1.54, 1.807) is 0 Å². The lowest BCUT2D eigenvalue weighted by molar-refractivity contribution is 0.0694. The number of halogens is 1. The number of pyridine rings is 1. The second-order valence-electron chi connectivity index (χ2n) is 3.57. The van der Waals surface area contributed by atoms with Crippen molar-refractivity contribution in [1.82, 2.24) is 4.57 Å². The van der Waals surface area contributed by atoms with Crippen LogP contribution in [0, 0.1) is 0 Å². The van der Waals surface area contributed by atoms with E-state index < -0.39 is 11.5 Å². The third-order valence-electron chi connectivity index (χ3n) is 2.62. The van der Waals surface area contributed by atoms with Crippen molar-refractivity contribution in [3.8, 4) is 0 Å². The van der Waals surface area contributed by atoms with Gasteiger partial charge in [0.25, 0.3) is 5.56 Å². The van der Waals surface area contributed by atoms with Crippen LogP contribution in [-0.4, -0.2) is 15.6 Å². The highest BCUT2D eigenvalue weighted by Gasteiger charge is 2.19. The minimum Gasteiger partial charge on any atom is -0.477 e. The molecule has 0 fully saturated rings. The zero-order valence-electron chi connectivity index (χ0n) is 7.99. The largest absolute Gasteiger partial charge is 0.477 e. The molecule has 1 N–H and O–H groups in total. The van der Waals surface area contributed by atoms with E-state index in [2.05, 4.69) is 0 Å². The van der Waals surface area contributed by atoms with E-state index in [9.17, 15) is 9.59 Å². The minimum absolute atomic E-state index is 0.245. The Morgan fingerprint density at radius 2 is 2.20 bits per heavy atom. The summed E-state index contributed by atoms with van der Waals surface area (Å²) in [6, 6.07) is 1.25. The number of carbonyl (C=O) groups is 1. The Labute approximate surface area is 91.1 Å². The SMILES string of the molecule is O=C(O)c1cc(Cl)c2n(c1=O)CCCC2. The van der Waals surface area contributed by atoms with Gasteiger partial charge in [0.15, 0.2) is 0 Å². The van der Waals surface area contributed by atoms with E-state index >= 15 is 0 Å². The van der Waals surface area contributed by atoms with Crippen molar-refractivity contribution >= 4 is 17.6 Å². The first kappa shape index (κ1) is 10.2. The van der Waals surface area contributed by atoms with Crippen LogP contribution in [0.15, 0.2) is 10.9 Å². The van der Waals surface area contributed by atoms with Crippen LogP contribution in [0.3, 0.4) is 0 Å². The van der Waals surface area contributed by atoms with E-state index in [1.807, 2.05) is 0 Å². The van der Waals surface area contributed by atoms with Crippen molar-refractivity contribution < 1.29 is 9.90 Å². The first-order valence-electron chi connectivity index (χ1n) is 4.77. The Hall–Kier alpha value is -1.29. The molecule has 0 aliphatic carbocycles. The molecule has 0 saturated carbocycles. The molecule has 4 nitrogen and oxygen atoms in total. The summed E-state index contributed by atoms with van der Waals surface area (Å²) in [6.07, 6.45) is 2.63. The second-order valence-corrected chi connectivity index (χ2v) is 3.98. The fourth-order valence-electron chi connectivity index (χ4n) is 1.88. The van der Waals surface area contributed by atoms with Crippen LogP contribution in [0.4, 0.5) is 0 Å². The molecule has 0 atom stereocenters. The van der Waals surface area contributed by atoms with Gasteiger partial charge in [0.05, 0.1) is 5.02 Å². The summed E-state index contributed by atoms with van der Waals surface area (Å²) in [4.78, 5) is 22.5. The van der Waals surface area contributed by atoms with Crippen LogP contribution in [0.5, 0.6) is 0 Å². The average Bonchev–Trinajstić information content (AvgIpc) is 2.23. The standard InChI is InChI=1S/C10H10ClNO3/c11-7-5-6(10(14)15)9(13)12-4-2-1-3-8(7)12/h5H,1-4H2,(H,14,15). The number of hydrogen-bond donors (Lipinski definition) is 1. The number of aromatic carboxylic acids is 1. The fourth-order valence-corrected chi connectivity index (χ4v) is 2.18. The highest BCUT2D eigenvalue weighted by atomic mass is 35.5. The zero-order chi connectivity index (χ0) is 11.0. The highest BCUT2D eigenvalue weighted by molar-refractivity contribution is 6.31. The van der Waals surface area contributed by atoms with Gasteiger partial charge >= 0.3 is 5.97 Å². The summed E-state index contributed by atoms with van der Waals surface area (Å²) in [7, 11) is 0. The van der Waals surface area contributed by atoms with Gasteiger partial charge in [-0.05, 0) is 25.3 Å². The van der Waals surface area contributed by atoms with Gasteiger partial charge in [-0.1, -0.05) is 11.6 Å². The molecule has 15 heavy (non-hydrogen) atoms. The van der Waals surface area contributed by atoms with E-state index in [-0.39, 0.29) is 5.56 Å². The van der Waals surface area contributed by atoms with Crippen molar-refractivity contribution in [2.24, 2.45) is 0 Å². The molecule has 0 saturated heterocycles. The van der Waals surface area contributed by atoms with Gasteiger partial charge in [-0.15, -0.1) is 0 Å². The molecule has 0 aromatic carbocycles. The number of carboxylic acid groups (broad SMARTS) is 1. The van der Waals surface area contributed by atoms with Crippen LogP contribution >= 0.6 is 11.6 Å². The van der Waals surface area contributed by atoms with Gasteiger partial charge in [-0.3, -0.25) is 4.79 Å². The van der Waals surface area contributed by atoms with Gasteiger partial charge < -0.3 is 9.67 Å². The third kappa shape index (κ3) is 1.65. The predicted octanol–water partition coefficient (Wildman–Crippen LogP) is 1.54. The van der Waals surface area contributed by atoms with Gasteiger partial charge in [0, 0.05) is 12.2 Å².